The molecule has 3 nitrogen and oxygen atoms in total. The number of carbonyl (C=O) groups excluding carboxylic acids is 1. The van der Waals surface area contributed by atoms with Gasteiger partial charge in [-0.15, -0.1) is 0 Å². The number of hydrogen-bond donors (Lipinski definition) is 0. The number of benzene rings is 2. The summed E-state index contributed by atoms with van der Waals surface area (Å²) in [6.45, 7) is 1.76. The Morgan fingerprint density at radius 3 is 2.77 bits per heavy atom. The van der Waals surface area contributed by atoms with Crippen LogP contribution in [-0.4, -0.2) is 23.5 Å². The first-order valence-corrected chi connectivity index (χ1v) is 7.83. The zero-order valence-electron chi connectivity index (χ0n) is 12.0. The van der Waals surface area contributed by atoms with Crippen LogP contribution in [0.4, 0.5) is 0 Å². The van der Waals surface area contributed by atoms with E-state index in [1.54, 1.807) is 0 Å². The summed E-state index contributed by atoms with van der Waals surface area (Å²) in [4.78, 5) is 14.7. The lowest BCUT2D eigenvalue weighted by molar-refractivity contribution is -0.130. The van der Waals surface area contributed by atoms with Crippen LogP contribution in [0.1, 0.15) is 22.6 Å². The molecule has 2 aromatic carbocycles. The van der Waals surface area contributed by atoms with E-state index in [2.05, 4.69) is 0 Å². The van der Waals surface area contributed by atoms with Gasteiger partial charge in [0, 0.05) is 23.7 Å². The van der Waals surface area contributed by atoms with Gasteiger partial charge >= 0.3 is 0 Å². The molecule has 1 saturated heterocycles. The monoisotopic (exact) mass is 313 g/mol. The molecule has 0 bridgehead atoms. The minimum absolute atomic E-state index is 0.0674. The number of halogens is 1. The molecule has 4 rings (SSSR count). The van der Waals surface area contributed by atoms with Crippen molar-refractivity contribution in [3.63, 3.8) is 0 Å². The van der Waals surface area contributed by atoms with Crippen LogP contribution in [0.2, 0.25) is 5.02 Å². The van der Waals surface area contributed by atoms with E-state index in [1.165, 1.54) is 0 Å². The number of amides is 1. The van der Waals surface area contributed by atoms with Gasteiger partial charge in [-0.25, -0.2) is 0 Å². The summed E-state index contributed by atoms with van der Waals surface area (Å²) in [6, 6.07) is 15.8. The lowest BCUT2D eigenvalue weighted by atomic mass is 9.89. The fourth-order valence-electron chi connectivity index (χ4n) is 3.41. The molecule has 2 aliphatic heterocycles. The highest BCUT2D eigenvalue weighted by atomic mass is 35.5. The van der Waals surface area contributed by atoms with Gasteiger partial charge in [-0.2, -0.15) is 0 Å². The third-order valence-corrected chi connectivity index (χ3v) is 4.85. The van der Waals surface area contributed by atoms with Gasteiger partial charge in [0.2, 0.25) is 5.91 Å². The van der Waals surface area contributed by atoms with Crippen molar-refractivity contribution in [2.24, 2.45) is 0 Å². The highest BCUT2D eigenvalue weighted by molar-refractivity contribution is 6.31. The van der Waals surface area contributed by atoms with Gasteiger partial charge in [-0.3, -0.25) is 4.79 Å². The van der Waals surface area contributed by atoms with Crippen molar-refractivity contribution in [1.29, 1.82) is 0 Å². The van der Waals surface area contributed by atoms with Crippen LogP contribution in [0.25, 0.3) is 0 Å². The average molecular weight is 314 g/mol. The minimum Gasteiger partial charge on any atom is -0.370 e. The summed E-state index contributed by atoms with van der Waals surface area (Å²) in [6.07, 6.45) is -0.0674. The Hall–Kier alpha value is -1.84. The Bertz CT molecular complexity index is 716. The first-order chi connectivity index (χ1) is 10.7. The van der Waals surface area contributed by atoms with Crippen LogP contribution in [0.5, 0.6) is 0 Å². The number of nitrogens with zero attached hydrogens (tertiary/aromatic N) is 1. The first kappa shape index (κ1) is 13.8. The molecule has 0 radical (unpaired) electrons. The molecule has 2 atom stereocenters. The van der Waals surface area contributed by atoms with Crippen molar-refractivity contribution in [1.82, 2.24) is 4.90 Å². The molecular formula is C18H16ClNO2. The third kappa shape index (κ3) is 2.21. The van der Waals surface area contributed by atoms with E-state index in [9.17, 15) is 4.79 Å². The van der Waals surface area contributed by atoms with Crippen LogP contribution in [-0.2, 0) is 22.7 Å². The fourth-order valence-corrected chi connectivity index (χ4v) is 3.64. The van der Waals surface area contributed by atoms with Gasteiger partial charge in [0.15, 0.2) is 0 Å². The molecule has 2 aliphatic rings. The number of carbonyl (C=O) groups is 1. The lowest BCUT2D eigenvalue weighted by Gasteiger charge is -2.26. The largest absolute Gasteiger partial charge is 0.370 e. The SMILES string of the molecule is O=C1[C@H]2c3cccc(Cl)c3CO[C@H]2CN1Cc1ccccc1. The molecule has 2 aromatic rings. The normalized spacial score (nSPS) is 23.3. The molecule has 2 heterocycles. The molecule has 0 spiro atoms. The van der Waals surface area contributed by atoms with Crippen LogP contribution >= 0.6 is 11.6 Å². The number of hydrogen-bond acceptors (Lipinski definition) is 2. The summed E-state index contributed by atoms with van der Waals surface area (Å²) in [5.41, 5.74) is 3.13. The molecule has 0 N–H and O–H groups in total. The number of fused-ring (bicyclic) bond motifs is 3. The molecule has 0 unspecified atom stereocenters. The zero-order valence-corrected chi connectivity index (χ0v) is 12.8. The second-order valence-corrected chi connectivity index (χ2v) is 6.25. The van der Waals surface area contributed by atoms with Gasteiger partial charge in [-0.05, 0) is 17.2 Å². The lowest BCUT2D eigenvalue weighted by Crippen LogP contribution is -2.28. The van der Waals surface area contributed by atoms with Crippen molar-refractivity contribution in [2.45, 2.75) is 25.2 Å². The van der Waals surface area contributed by atoms with E-state index in [0.717, 1.165) is 16.7 Å². The summed E-state index contributed by atoms with van der Waals surface area (Å²) >= 11 is 6.24. The van der Waals surface area contributed by atoms with E-state index in [0.29, 0.717) is 24.7 Å². The van der Waals surface area contributed by atoms with Crippen LogP contribution in [0.15, 0.2) is 48.5 Å². The van der Waals surface area contributed by atoms with Crippen molar-refractivity contribution < 1.29 is 9.53 Å². The molecular weight excluding hydrogens is 298 g/mol. The fraction of sp³-hybridized carbons (Fsp3) is 0.278. The first-order valence-electron chi connectivity index (χ1n) is 7.45. The Morgan fingerprint density at radius 1 is 1.14 bits per heavy atom. The minimum atomic E-state index is -0.217. The Morgan fingerprint density at radius 2 is 1.95 bits per heavy atom. The maximum absolute atomic E-state index is 12.8. The molecule has 4 heteroatoms. The summed E-state index contributed by atoms with van der Waals surface area (Å²) in [5.74, 6) is -0.0803. The van der Waals surface area contributed by atoms with Crippen LogP contribution in [0, 0.1) is 0 Å². The zero-order chi connectivity index (χ0) is 15.1. The van der Waals surface area contributed by atoms with Crippen molar-refractivity contribution in [3.05, 3.63) is 70.2 Å². The summed E-state index contributed by atoms with van der Waals surface area (Å²) in [7, 11) is 0. The Labute approximate surface area is 134 Å². The van der Waals surface area contributed by atoms with E-state index in [-0.39, 0.29) is 17.9 Å². The maximum atomic E-state index is 12.8. The third-order valence-electron chi connectivity index (χ3n) is 4.50. The quantitative estimate of drug-likeness (QED) is 0.851. The van der Waals surface area contributed by atoms with Gasteiger partial charge < -0.3 is 9.64 Å². The van der Waals surface area contributed by atoms with Crippen LogP contribution < -0.4 is 0 Å². The van der Waals surface area contributed by atoms with Crippen molar-refractivity contribution in [3.8, 4) is 0 Å². The molecule has 22 heavy (non-hydrogen) atoms. The van der Waals surface area contributed by atoms with Gasteiger partial charge in [0.25, 0.3) is 0 Å². The molecule has 0 aliphatic carbocycles. The smallest absolute Gasteiger partial charge is 0.233 e. The van der Waals surface area contributed by atoms with E-state index in [4.69, 9.17) is 16.3 Å². The Balaban J connectivity index is 1.63. The van der Waals surface area contributed by atoms with Crippen molar-refractivity contribution >= 4 is 17.5 Å². The molecule has 0 aromatic heterocycles. The molecule has 112 valence electrons. The predicted octanol–water partition coefficient (Wildman–Crippen LogP) is 3.36. The predicted molar refractivity (Wildman–Crippen MR) is 84.6 cm³/mol. The standard InChI is InChI=1S/C18H16ClNO2/c19-15-8-4-7-13-14(15)11-22-16-10-20(18(21)17(13)16)9-12-5-2-1-3-6-12/h1-8,16-17H,9-11H2/t16-,17-/m0/s1. The second kappa shape index (κ2) is 5.41. The van der Waals surface area contributed by atoms with Gasteiger partial charge in [0.1, 0.15) is 0 Å². The highest BCUT2D eigenvalue weighted by Crippen LogP contribution is 2.40. The van der Waals surface area contributed by atoms with Crippen LogP contribution in [0.3, 0.4) is 0 Å². The number of ether oxygens (including phenoxy) is 1. The number of rotatable bonds is 2. The second-order valence-electron chi connectivity index (χ2n) is 5.84. The number of likely N-dealkylation sites (tertiary alicyclic amines) is 1. The van der Waals surface area contributed by atoms with Crippen molar-refractivity contribution in [2.75, 3.05) is 6.54 Å². The molecule has 0 saturated carbocycles. The van der Waals surface area contributed by atoms with Gasteiger partial charge in [-0.1, -0.05) is 54.1 Å². The molecule has 1 fully saturated rings. The van der Waals surface area contributed by atoms with E-state index in [1.807, 2.05) is 53.4 Å². The Kier molecular flexibility index (Phi) is 3.40. The van der Waals surface area contributed by atoms with E-state index >= 15 is 0 Å². The topological polar surface area (TPSA) is 29.5 Å². The summed E-state index contributed by atoms with van der Waals surface area (Å²) in [5, 5.41) is 0.685. The molecule has 1 amide bonds. The summed E-state index contributed by atoms with van der Waals surface area (Å²) < 4.78 is 5.90. The van der Waals surface area contributed by atoms with E-state index < -0.39 is 0 Å². The maximum Gasteiger partial charge on any atom is 0.233 e. The van der Waals surface area contributed by atoms with Gasteiger partial charge in [0.05, 0.1) is 18.6 Å². The highest BCUT2D eigenvalue weighted by Gasteiger charge is 2.45. The average Bonchev–Trinajstić information content (AvgIpc) is 2.85.